The van der Waals surface area contributed by atoms with Crippen molar-refractivity contribution in [2.45, 2.75) is 56.3 Å². The number of carboxylic acids is 1. The Labute approximate surface area is 211 Å². The van der Waals surface area contributed by atoms with E-state index in [1.165, 1.54) is 24.3 Å². The first-order valence-electron chi connectivity index (χ1n) is 10.9. The summed E-state index contributed by atoms with van der Waals surface area (Å²) in [6.45, 7) is 0. The number of thioether (sulfide) groups is 1. The summed E-state index contributed by atoms with van der Waals surface area (Å²) in [6.07, 6.45) is 3.71. The molecule has 4 unspecified atom stereocenters. The molecule has 0 aliphatic rings. The first-order chi connectivity index (χ1) is 16.9. The summed E-state index contributed by atoms with van der Waals surface area (Å²) >= 11 is 1.49. The van der Waals surface area contributed by atoms with Crippen LogP contribution >= 0.6 is 11.8 Å². The molecule has 1 rings (SSSR count). The molecule has 16 heteroatoms. The highest BCUT2D eigenvalue weighted by atomic mass is 32.2. The fourth-order valence-electron chi connectivity index (χ4n) is 2.98. The van der Waals surface area contributed by atoms with Crippen molar-refractivity contribution < 1.29 is 33.9 Å². The highest BCUT2D eigenvalue weighted by Crippen LogP contribution is 2.06. The number of imidazole rings is 1. The van der Waals surface area contributed by atoms with Crippen LogP contribution in [0.15, 0.2) is 12.5 Å². The Balaban J connectivity index is 3.07. The molecule has 5 amide bonds. The summed E-state index contributed by atoms with van der Waals surface area (Å²) in [4.78, 5) is 78.9. The molecule has 4 atom stereocenters. The van der Waals surface area contributed by atoms with Crippen LogP contribution in [-0.4, -0.2) is 86.8 Å². The standard InChI is InChI=1S/C20H32N8O7S/c1-36-5-4-11(21)17(31)26-12(2-3-15(22)29)18(32)27-13(6-10-8-24-9-25-10)19(33)28-14(20(34)35)7-16(23)30/h8-9,11-14H,2-7,21H2,1H3,(H2,22,29)(H2,23,30)(H,24,25)(H,26,31)(H,27,32)(H,28,33)(H,34,35). The normalized spacial score (nSPS) is 14.1. The molecule has 0 bridgehead atoms. The second-order valence-corrected chi connectivity index (χ2v) is 8.85. The number of nitrogens with two attached hydrogens (primary N) is 3. The zero-order chi connectivity index (χ0) is 27.3. The quantitative estimate of drug-likeness (QED) is 0.0998. The van der Waals surface area contributed by atoms with Crippen molar-refractivity contribution in [1.82, 2.24) is 25.9 Å². The molecular weight excluding hydrogens is 496 g/mol. The van der Waals surface area contributed by atoms with Crippen LogP contribution in [-0.2, 0) is 35.2 Å². The average molecular weight is 529 g/mol. The number of carbonyl (C=O) groups excluding carboxylic acids is 5. The molecule has 0 radical (unpaired) electrons. The largest absolute Gasteiger partial charge is 0.480 e. The van der Waals surface area contributed by atoms with Crippen molar-refractivity contribution in [1.29, 1.82) is 0 Å². The summed E-state index contributed by atoms with van der Waals surface area (Å²) in [5, 5.41) is 16.4. The van der Waals surface area contributed by atoms with Crippen molar-refractivity contribution in [2.75, 3.05) is 12.0 Å². The van der Waals surface area contributed by atoms with Crippen molar-refractivity contribution in [3.05, 3.63) is 18.2 Å². The fraction of sp³-hybridized carbons (Fsp3) is 0.550. The molecule has 1 aromatic heterocycles. The number of primary amides is 2. The Morgan fingerprint density at radius 3 is 2.11 bits per heavy atom. The third-order valence-electron chi connectivity index (χ3n) is 4.91. The maximum Gasteiger partial charge on any atom is 0.326 e. The number of amides is 5. The van der Waals surface area contributed by atoms with Gasteiger partial charge < -0.3 is 43.2 Å². The van der Waals surface area contributed by atoms with Crippen molar-refractivity contribution in [3.63, 3.8) is 0 Å². The van der Waals surface area contributed by atoms with Gasteiger partial charge in [0.15, 0.2) is 0 Å². The average Bonchev–Trinajstić information content (AvgIpc) is 3.31. The van der Waals surface area contributed by atoms with Crippen LogP contribution in [0.5, 0.6) is 0 Å². The van der Waals surface area contributed by atoms with Gasteiger partial charge in [-0.05, 0) is 24.9 Å². The van der Waals surface area contributed by atoms with Crippen LogP contribution in [0, 0.1) is 0 Å². The lowest BCUT2D eigenvalue weighted by Crippen LogP contribution is -2.58. The van der Waals surface area contributed by atoms with Crippen molar-refractivity contribution >= 4 is 47.3 Å². The molecule has 0 spiro atoms. The van der Waals surface area contributed by atoms with E-state index in [2.05, 4.69) is 25.9 Å². The van der Waals surface area contributed by atoms with Gasteiger partial charge in [-0.15, -0.1) is 0 Å². The van der Waals surface area contributed by atoms with E-state index in [1.54, 1.807) is 0 Å². The van der Waals surface area contributed by atoms with E-state index in [4.69, 9.17) is 17.2 Å². The van der Waals surface area contributed by atoms with E-state index in [0.29, 0.717) is 17.9 Å². The van der Waals surface area contributed by atoms with E-state index in [1.807, 2.05) is 6.26 Å². The molecule has 36 heavy (non-hydrogen) atoms. The van der Waals surface area contributed by atoms with Gasteiger partial charge in [-0.3, -0.25) is 24.0 Å². The number of carboxylic acid groups (broad SMARTS) is 1. The summed E-state index contributed by atoms with van der Waals surface area (Å²) in [5.41, 5.74) is 16.5. The minimum atomic E-state index is -1.63. The van der Waals surface area contributed by atoms with Crippen LogP contribution < -0.4 is 33.2 Å². The molecule has 0 aliphatic carbocycles. The highest BCUT2D eigenvalue weighted by molar-refractivity contribution is 7.98. The Kier molecular flexibility index (Phi) is 13.0. The highest BCUT2D eigenvalue weighted by Gasteiger charge is 2.31. The molecule has 0 fully saturated rings. The molecule has 1 heterocycles. The molecule has 1 aromatic rings. The van der Waals surface area contributed by atoms with Gasteiger partial charge in [-0.25, -0.2) is 9.78 Å². The molecule has 0 saturated heterocycles. The Bertz CT molecular complexity index is 927. The summed E-state index contributed by atoms with van der Waals surface area (Å²) in [5.74, 6) is -4.95. The van der Waals surface area contributed by atoms with Crippen LogP contribution in [0.4, 0.5) is 0 Å². The van der Waals surface area contributed by atoms with Gasteiger partial charge in [-0.2, -0.15) is 11.8 Å². The van der Waals surface area contributed by atoms with Gasteiger partial charge in [0, 0.05) is 24.7 Å². The zero-order valence-corrected chi connectivity index (χ0v) is 20.5. The smallest absolute Gasteiger partial charge is 0.326 e. The zero-order valence-electron chi connectivity index (χ0n) is 19.7. The van der Waals surface area contributed by atoms with Gasteiger partial charge in [0.1, 0.15) is 18.1 Å². The summed E-state index contributed by atoms with van der Waals surface area (Å²) in [6, 6.07) is -5.14. The molecule has 200 valence electrons. The van der Waals surface area contributed by atoms with Gasteiger partial charge in [0.25, 0.3) is 0 Å². The number of H-pyrrole nitrogens is 1. The number of aliphatic carboxylic acids is 1. The third-order valence-corrected chi connectivity index (χ3v) is 5.56. The molecule has 0 saturated carbocycles. The van der Waals surface area contributed by atoms with Crippen LogP contribution in [0.2, 0.25) is 0 Å². The number of hydrogen-bond acceptors (Lipinski definition) is 9. The number of carbonyl (C=O) groups is 6. The second kappa shape index (κ2) is 15.4. The Hall–Kier alpha value is -3.66. The van der Waals surface area contributed by atoms with E-state index in [0.717, 1.165) is 0 Å². The Morgan fingerprint density at radius 2 is 1.58 bits per heavy atom. The number of nitrogens with one attached hydrogen (secondary N) is 4. The number of aromatic nitrogens is 2. The van der Waals surface area contributed by atoms with E-state index >= 15 is 0 Å². The second-order valence-electron chi connectivity index (χ2n) is 7.87. The third kappa shape index (κ3) is 11.2. The lowest BCUT2D eigenvalue weighted by Gasteiger charge is -2.25. The lowest BCUT2D eigenvalue weighted by atomic mass is 10.1. The minimum Gasteiger partial charge on any atom is -0.480 e. The Morgan fingerprint density at radius 1 is 0.972 bits per heavy atom. The number of aromatic amines is 1. The molecular formula is C20H32N8O7S. The lowest BCUT2D eigenvalue weighted by molar-refractivity contribution is -0.143. The maximum absolute atomic E-state index is 13.0. The molecule has 15 nitrogen and oxygen atoms in total. The first-order valence-corrected chi connectivity index (χ1v) is 12.3. The van der Waals surface area contributed by atoms with Crippen LogP contribution in [0.1, 0.15) is 31.4 Å². The van der Waals surface area contributed by atoms with Gasteiger partial charge in [0.2, 0.25) is 29.5 Å². The number of rotatable bonds is 17. The van der Waals surface area contributed by atoms with Crippen LogP contribution in [0.3, 0.4) is 0 Å². The summed E-state index contributed by atoms with van der Waals surface area (Å²) < 4.78 is 0. The van der Waals surface area contributed by atoms with Crippen LogP contribution in [0.25, 0.3) is 0 Å². The molecule has 0 aromatic carbocycles. The van der Waals surface area contributed by atoms with Crippen molar-refractivity contribution in [3.8, 4) is 0 Å². The topological polar surface area (TPSA) is 265 Å². The van der Waals surface area contributed by atoms with Gasteiger partial charge >= 0.3 is 5.97 Å². The van der Waals surface area contributed by atoms with E-state index in [9.17, 15) is 33.9 Å². The summed E-state index contributed by atoms with van der Waals surface area (Å²) in [7, 11) is 0. The monoisotopic (exact) mass is 528 g/mol. The van der Waals surface area contributed by atoms with E-state index < -0.39 is 66.1 Å². The fourth-order valence-corrected chi connectivity index (χ4v) is 3.47. The maximum atomic E-state index is 13.0. The predicted molar refractivity (Wildman–Crippen MR) is 129 cm³/mol. The van der Waals surface area contributed by atoms with Crippen molar-refractivity contribution in [2.24, 2.45) is 17.2 Å². The minimum absolute atomic E-state index is 0.135. The van der Waals surface area contributed by atoms with Gasteiger partial charge in [0.05, 0.1) is 18.8 Å². The SMILES string of the molecule is CSCCC(N)C(=O)NC(CCC(N)=O)C(=O)NC(Cc1cnc[nH]1)C(=O)NC(CC(N)=O)C(=O)O. The van der Waals surface area contributed by atoms with E-state index in [-0.39, 0.29) is 19.3 Å². The predicted octanol–water partition coefficient (Wildman–Crippen LogP) is -3.29. The number of nitrogens with zero attached hydrogens (tertiary/aromatic N) is 1. The molecule has 11 N–H and O–H groups in total. The first kappa shape index (κ1) is 30.4. The van der Waals surface area contributed by atoms with Gasteiger partial charge in [-0.1, -0.05) is 0 Å². The molecule has 0 aliphatic heterocycles. The number of hydrogen-bond donors (Lipinski definition) is 8.